The van der Waals surface area contributed by atoms with Gasteiger partial charge in [-0.1, -0.05) is 28.1 Å². The van der Waals surface area contributed by atoms with Crippen LogP contribution in [0.15, 0.2) is 62.4 Å². The second-order valence-electron chi connectivity index (χ2n) is 4.72. The van der Waals surface area contributed by atoms with Crippen LogP contribution < -0.4 is 10.2 Å². The maximum absolute atomic E-state index is 12.4. The first-order valence-electron chi connectivity index (χ1n) is 6.55. The minimum Gasteiger partial charge on any atom is -0.482 e. The summed E-state index contributed by atoms with van der Waals surface area (Å²) in [5, 5.41) is 0.330. The zero-order chi connectivity index (χ0) is 15.5. The van der Waals surface area contributed by atoms with Crippen LogP contribution in [-0.4, -0.2) is 6.29 Å². The van der Waals surface area contributed by atoms with Gasteiger partial charge < -0.3 is 9.15 Å². The van der Waals surface area contributed by atoms with Gasteiger partial charge in [0.25, 0.3) is 0 Å². The predicted molar refractivity (Wildman–Crippen MR) is 86.3 cm³/mol. The highest BCUT2D eigenvalue weighted by Gasteiger charge is 2.09. The highest BCUT2D eigenvalue weighted by molar-refractivity contribution is 9.10. The summed E-state index contributed by atoms with van der Waals surface area (Å²) in [7, 11) is 0. The molecule has 0 bridgehead atoms. The second kappa shape index (κ2) is 6.15. The molecule has 1 heterocycles. The molecule has 1 aromatic heterocycles. The Morgan fingerprint density at radius 1 is 1.18 bits per heavy atom. The molecule has 0 fully saturated rings. The predicted octanol–water partition coefficient (Wildman–Crippen LogP) is 3.95. The molecule has 3 rings (SSSR count). The molecule has 0 unspecified atom stereocenters. The van der Waals surface area contributed by atoms with E-state index in [1.807, 2.05) is 24.3 Å². The molecule has 5 heteroatoms. The number of fused-ring (bicyclic) bond motifs is 1. The van der Waals surface area contributed by atoms with E-state index < -0.39 is 0 Å². The van der Waals surface area contributed by atoms with Gasteiger partial charge in [-0.3, -0.25) is 9.59 Å². The van der Waals surface area contributed by atoms with Crippen molar-refractivity contribution in [2.45, 2.75) is 6.61 Å². The highest BCUT2D eigenvalue weighted by Crippen LogP contribution is 2.18. The molecule has 0 saturated carbocycles. The van der Waals surface area contributed by atoms with E-state index in [0.717, 1.165) is 10.0 Å². The summed E-state index contributed by atoms with van der Waals surface area (Å²) in [6.07, 6.45) is 1.98. The number of ether oxygens (including phenoxy) is 1. The second-order valence-corrected chi connectivity index (χ2v) is 5.64. The van der Waals surface area contributed by atoms with E-state index in [-0.39, 0.29) is 17.8 Å². The van der Waals surface area contributed by atoms with Crippen molar-refractivity contribution in [3.8, 4) is 5.75 Å². The number of hydrogen-bond donors (Lipinski definition) is 0. The van der Waals surface area contributed by atoms with Crippen LogP contribution in [-0.2, 0) is 6.61 Å². The number of rotatable bonds is 4. The Labute approximate surface area is 134 Å². The van der Waals surface area contributed by atoms with Gasteiger partial charge >= 0.3 is 0 Å². The summed E-state index contributed by atoms with van der Waals surface area (Å²) >= 11 is 3.38. The van der Waals surface area contributed by atoms with Crippen LogP contribution in [0.1, 0.15) is 15.9 Å². The molecule has 0 aliphatic carbocycles. The van der Waals surface area contributed by atoms with Crippen molar-refractivity contribution >= 4 is 33.2 Å². The minimum atomic E-state index is -0.292. The Hall–Kier alpha value is -2.40. The molecule has 2 aromatic carbocycles. The lowest BCUT2D eigenvalue weighted by Gasteiger charge is -2.06. The van der Waals surface area contributed by atoms with Crippen molar-refractivity contribution in [1.82, 2.24) is 0 Å². The van der Waals surface area contributed by atoms with E-state index in [0.29, 0.717) is 22.8 Å². The lowest BCUT2D eigenvalue weighted by Crippen LogP contribution is -2.08. The molecule has 0 N–H and O–H groups in total. The molecule has 0 amide bonds. The monoisotopic (exact) mass is 358 g/mol. The fourth-order valence-electron chi connectivity index (χ4n) is 2.09. The maximum Gasteiger partial charge on any atom is 0.234 e. The summed E-state index contributed by atoms with van der Waals surface area (Å²) in [5.41, 5.74) is 1.48. The molecule has 3 aromatic rings. The smallest absolute Gasteiger partial charge is 0.234 e. The zero-order valence-electron chi connectivity index (χ0n) is 11.4. The van der Waals surface area contributed by atoms with Gasteiger partial charge in [0.15, 0.2) is 0 Å². The van der Waals surface area contributed by atoms with Crippen LogP contribution in [0.5, 0.6) is 5.75 Å². The van der Waals surface area contributed by atoms with Crippen molar-refractivity contribution in [1.29, 1.82) is 0 Å². The highest BCUT2D eigenvalue weighted by atomic mass is 79.9. The summed E-state index contributed by atoms with van der Waals surface area (Å²) in [6, 6.07) is 12.3. The van der Waals surface area contributed by atoms with Gasteiger partial charge in [-0.2, -0.15) is 0 Å². The first-order chi connectivity index (χ1) is 10.7. The van der Waals surface area contributed by atoms with Crippen molar-refractivity contribution in [3.63, 3.8) is 0 Å². The Balaban J connectivity index is 1.92. The molecule has 0 atom stereocenters. The van der Waals surface area contributed by atoms with Crippen LogP contribution in [0.25, 0.3) is 11.0 Å². The molecular weight excluding hydrogens is 348 g/mol. The first-order valence-corrected chi connectivity index (χ1v) is 7.34. The van der Waals surface area contributed by atoms with Gasteiger partial charge in [0, 0.05) is 10.0 Å². The summed E-state index contributed by atoms with van der Waals surface area (Å²) in [5.74, 6) is 0.121. The molecule has 22 heavy (non-hydrogen) atoms. The molecule has 0 aliphatic rings. The quantitative estimate of drug-likeness (QED) is 0.662. The van der Waals surface area contributed by atoms with Crippen molar-refractivity contribution in [2.24, 2.45) is 0 Å². The lowest BCUT2D eigenvalue weighted by molar-refractivity contribution is 0.112. The average Bonchev–Trinajstić information content (AvgIpc) is 2.54. The number of carbonyl (C=O) groups excluding carboxylic acids is 1. The fraction of sp³-hybridized carbons (Fsp3) is 0.0588. The largest absolute Gasteiger partial charge is 0.482 e. The summed E-state index contributed by atoms with van der Waals surface area (Å²) in [6.45, 7) is 0.253. The van der Waals surface area contributed by atoms with E-state index in [1.54, 1.807) is 12.1 Å². The van der Waals surface area contributed by atoms with E-state index in [1.165, 1.54) is 12.3 Å². The van der Waals surface area contributed by atoms with Crippen molar-refractivity contribution in [3.05, 3.63) is 74.6 Å². The Bertz CT molecular complexity index is 899. The Kier molecular flexibility index (Phi) is 4.06. The normalized spacial score (nSPS) is 10.6. The molecule has 110 valence electrons. The van der Waals surface area contributed by atoms with E-state index in [9.17, 15) is 9.59 Å². The van der Waals surface area contributed by atoms with E-state index in [4.69, 9.17) is 9.15 Å². The third-order valence-corrected chi connectivity index (χ3v) is 3.68. The molecule has 0 spiro atoms. The van der Waals surface area contributed by atoms with Crippen LogP contribution in [0.4, 0.5) is 0 Å². The van der Waals surface area contributed by atoms with E-state index in [2.05, 4.69) is 15.9 Å². The zero-order valence-corrected chi connectivity index (χ0v) is 13.0. The van der Waals surface area contributed by atoms with Crippen LogP contribution in [0.3, 0.4) is 0 Å². The number of benzene rings is 2. The molecule has 0 aliphatic heterocycles. The van der Waals surface area contributed by atoms with Crippen molar-refractivity contribution < 1.29 is 13.9 Å². The molecule has 4 nitrogen and oxygen atoms in total. The van der Waals surface area contributed by atoms with Gasteiger partial charge in [-0.05, 0) is 35.9 Å². The Morgan fingerprint density at radius 2 is 2.05 bits per heavy atom. The topological polar surface area (TPSA) is 56.5 Å². The summed E-state index contributed by atoms with van der Waals surface area (Å²) in [4.78, 5) is 23.2. The number of hydrogen-bond acceptors (Lipinski definition) is 4. The first kappa shape index (κ1) is 14.5. The number of carbonyl (C=O) groups is 1. The van der Waals surface area contributed by atoms with Crippen LogP contribution in [0.2, 0.25) is 0 Å². The number of aldehydes is 1. The SMILES string of the molecule is O=Cc1ccc2occ(OCc3cccc(Br)c3)c(=O)c2c1. The van der Waals surface area contributed by atoms with Gasteiger partial charge in [0.2, 0.25) is 11.2 Å². The number of halogens is 1. The van der Waals surface area contributed by atoms with Gasteiger partial charge in [0.1, 0.15) is 24.7 Å². The van der Waals surface area contributed by atoms with Gasteiger partial charge in [-0.15, -0.1) is 0 Å². The Morgan fingerprint density at radius 3 is 2.82 bits per heavy atom. The lowest BCUT2D eigenvalue weighted by atomic mass is 10.1. The van der Waals surface area contributed by atoms with Crippen LogP contribution in [0, 0.1) is 0 Å². The standard InChI is InChI=1S/C17H11BrO4/c18-13-3-1-2-12(6-13)9-21-16-10-22-15-5-4-11(8-19)7-14(15)17(16)20/h1-8,10H,9H2. The third-order valence-electron chi connectivity index (χ3n) is 3.18. The fourth-order valence-corrected chi connectivity index (χ4v) is 2.54. The van der Waals surface area contributed by atoms with Gasteiger partial charge in [-0.25, -0.2) is 0 Å². The molecule has 0 saturated heterocycles. The minimum absolute atomic E-state index is 0.121. The average molecular weight is 359 g/mol. The van der Waals surface area contributed by atoms with Crippen molar-refractivity contribution in [2.75, 3.05) is 0 Å². The van der Waals surface area contributed by atoms with Gasteiger partial charge in [0.05, 0.1) is 5.39 Å². The summed E-state index contributed by atoms with van der Waals surface area (Å²) < 4.78 is 11.9. The maximum atomic E-state index is 12.4. The van der Waals surface area contributed by atoms with Crippen LogP contribution >= 0.6 is 15.9 Å². The molecular formula is C17H11BrO4. The molecule has 0 radical (unpaired) electrons. The third kappa shape index (κ3) is 2.94. The van der Waals surface area contributed by atoms with E-state index >= 15 is 0 Å².